The van der Waals surface area contributed by atoms with Gasteiger partial charge in [0.15, 0.2) is 6.04 Å². The Kier molecular flexibility index (Phi) is 5.71. The first kappa shape index (κ1) is 21.0. The molecule has 1 fully saturated rings. The predicted octanol–water partition coefficient (Wildman–Crippen LogP) is 3.86. The number of nitrogens with zero attached hydrogens (tertiary/aromatic N) is 3. The Morgan fingerprint density at radius 2 is 1.81 bits per heavy atom. The molecule has 2 aromatic carbocycles. The first-order valence-electron chi connectivity index (χ1n) is 10.1. The molecule has 1 atom stereocenters. The van der Waals surface area contributed by atoms with Gasteiger partial charge in [-0.05, 0) is 11.6 Å². The van der Waals surface area contributed by atoms with E-state index in [4.69, 9.17) is 4.74 Å². The number of aromatic nitrogens is 2. The number of carbonyl (C=O) groups excluding carboxylic acids is 2. The van der Waals surface area contributed by atoms with Gasteiger partial charge in [0.25, 0.3) is 11.8 Å². The zero-order chi connectivity index (χ0) is 22.0. The van der Waals surface area contributed by atoms with Crippen LogP contribution < -0.4 is 0 Å². The zero-order valence-corrected chi connectivity index (χ0v) is 17.1. The molecule has 6 nitrogen and oxygen atoms in total. The molecule has 8 heteroatoms. The number of esters is 1. The van der Waals surface area contributed by atoms with Gasteiger partial charge in [0, 0.05) is 43.9 Å². The zero-order valence-electron chi connectivity index (χ0n) is 17.1. The molecule has 0 spiro atoms. The summed E-state index contributed by atoms with van der Waals surface area (Å²) in [6, 6.07) is 14.0. The summed E-state index contributed by atoms with van der Waals surface area (Å²) in [6.45, 7) is 0.00342. The van der Waals surface area contributed by atoms with Gasteiger partial charge in [-0.25, -0.2) is 13.6 Å². The van der Waals surface area contributed by atoms with E-state index in [0.29, 0.717) is 22.9 Å². The van der Waals surface area contributed by atoms with Gasteiger partial charge in [0.05, 0.1) is 12.7 Å². The van der Waals surface area contributed by atoms with E-state index in [-0.39, 0.29) is 31.8 Å². The van der Waals surface area contributed by atoms with Crippen LogP contribution in [0.3, 0.4) is 0 Å². The molecular weight excluding hydrogens is 404 g/mol. The quantitative estimate of drug-likeness (QED) is 0.580. The molecule has 1 saturated heterocycles. The van der Waals surface area contributed by atoms with Gasteiger partial charge in [0.1, 0.15) is 5.52 Å². The fraction of sp³-hybridized carbons (Fsp3) is 0.348. The first-order valence-corrected chi connectivity index (χ1v) is 10.1. The molecule has 1 amide bonds. The third kappa shape index (κ3) is 4.42. The summed E-state index contributed by atoms with van der Waals surface area (Å²) < 4.78 is 33.5. The van der Waals surface area contributed by atoms with Gasteiger partial charge >= 0.3 is 5.97 Å². The Balaban J connectivity index is 1.65. The minimum atomic E-state index is -2.73. The highest BCUT2D eigenvalue weighted by Gasteiger charge is 2.36. The summed E-state index contributed by atoms with van der Waals surface area (Å²) in [7, 11) is 1.32. The highest BCUT2D eigenvalue weighted by molar-refractivity contribution is 6.05. The molecule has 3 aromatic rings. The molecule has 0 bridgehead atoms. The number of rotatable bonds is 5. The van der Waals surface area contributed by atoms with Gasteiger partial charge in [-0.1, -0.05) is 42.5 Å². The van der Waals surface area contributed by atoms with Gasteiger partial charge in [-0.15, -0.1) is 0 Å². The van der Waals surface area contributed by atoms with Crippen molar-refractivity contribution in [3.8, 4) is 0 Å². The van der Waals surface area contributed by atoms with Crippen molar-refractivity contribution in [2.45, 2.75) is 31.2 Å². The molecule has 0 radical (unpaired) electrons. The molecule has 0 N–H and O–H groups in total. The van der Waals surface area contributed by atoms with Crippen LogP contribution in [0.4, 0.5) is 8.78 Å². The van der Waals surface area contributed by atoms with Crippen molar-refractivity contribution in [1.82, 2.24) is 14.7 Å². The van der Waals surface area contributed by atoms with Gasteiger partial charge in [0.2, 0.25) is 0 Å². The van der Waals surface area contributed by atoms with E-state index in [0.717, 1.165) is 5.56 Å². The number of halogens is 2. The Labute approximate surface area is 178 Å². The number of methoxy groups -OCH3 is 1. The second-order valence-corrected chi connectivity index (χ2v) is 7.73. The van der Waals surface area contributed by atoms with Crippen LogP contribution >= 0.6 is 0 Å². The smallest absolute Gasteiger partial charge is 0.331 e. The molecule has 1 aromatic heterocycles. The Hall–Kier alpha value is -3.29. The van der Waals surface area contributed by atoms with E-state index in [1.807, 2.05) is 30.3 Å². The van der Waals surface area contributed by atoms with Gasteiger partial charge in [-0.3, -0.25) is 9.48 Å². The average molecular weight is 427 g/mol. The van der Waals surface area contributed by atoms with E-state index in [9.17, 15) is 18.4 Å². The average Bonchev–Trinajstić information content (AvgIpc) is 3.21. The second-order valence-electron chi connectivity index (χ2n) is 7.73. The third-order valence-corrected chi connectivity index (χ3v) is 5.63. The maximum Gasteiger partial charge on any atom is 0.331 e. The van der Waals surface area contributed by atoms with Crippen molar-refractivity contribution in [2.24, 2.45) is 0 Å². The first-order chi connectivity index (χ1) is 14.9. The number of likely N-dealkylation sites (tertiary alicyclic amines) is 1. The molecule has 162 valence electrons. The molecule has 31 heavy (non-hydrogen) atoms. The van der Waals surface area contributed by atoms with Crippen LogP contribution in [0.25, 0.3) is 10.9 Å². The van der Waals surface area contributed by atoms with Gasteiger partial charge < -0.3 is 9.64 Å². The summed E-state index contributed by atoms with van der Waals surface area (Å²) in [4.78, 5) is 27.0. The van der Waals surface area contributed by atoms with E-state index in [2.05, 4.69) is 5.10 Å². The van der Waals surface area contributed by atoms with Crippen molar-refractivity contribution in [3.05, 3.63) is 65.9 Å². The molecule has 1 unspecified atom stereocenters. The van der Waals surface area contributed by atoms with E-state index in [1.165, 1.54) is 16.7 Å². The van der Waals surface area contributed by atoms with E-state index in [1.54, 1.807) is 24.4 Å². The Bertz CT molecular complexity index is 1090. The summed E-state index contributed by atoms with van der Waals surface area (Å²) in [5, 5.41) is 5.23. The van der Waals surface area contributed by atoms with Crippen LogP contribution in [0, 0.1) is 0 Å². The maximum atomic E-state index is 13.5. The standard InChI is InChI=1S/C23H23F2N3O3/c1-31-22(30)19(14-16-6-3-2-4-7-16)28-15-17-8-5-9-18(20(17)26-28)21(29)27-12-10-23(24,25)11-13-27/h2-9,15,19H,10-14H2,1H3. The van der Waals surface area contributed by atoms with Crippen molar-refractivity contribution >= 4 is 22.8 Å². The molecular formula is C23H23F2N3O3. The van der Waals surface area contributed by atoms with Crippen molar-refractivity contribution in [1.29, 1.82) is 0 Å². The highest BCUT2D eigenvalue weighted by atomic mass is 19.3. The molecule has 1 aliphatic rings. The summed E-state index contributed by atoms with van der Waals surface area (Å²) in [5.74, 6) is -3.50. The second kappa shape index (κ2) is 8.45. The lowest BCUT2D eigenvalue weighted by Crippen LogP contribution is -2.42. The van der Waals surface area contributed by atoms with Crippen LogP contribution in [-0.2, 0) is 16.0 Å². The number of alkyl halides is 2. The molecule has 4 rings (SSSR count). The lowest BCUT2D eigenvalue weighted by Gasteiger charge is -2.31. The van der Waals surface area contributed by atoms with Crippen LogP contribution in [0.15, 0.2) is 54.7 Å². The number of piperidine rings is 1. The number of benzene rings is 2. The lowest BCUT2D eigenvalue weighted by atomic mass is 10.0. The van der Waals surface area contributed by atoms with E-state index >= 15 is 0 Å². The molecule has 0 aliphatic carbocycles. The summed E-state index contributed by atoms with van der Waals surface area (Å²) >= 11 is 0. The number of ether oxygens (including phenoxy) is 1. The van der Waals surface area contributed by atoms with Crippen molar-refractivity contribution in [3.63, 3.8) is 0 Å². The monoisotopic (exact) mass is 427 g/mol. The topological polar surface area (TPSA) is 64.4 Å². The van der Waals surface area contributed by atoms with E-state index < -0.39 is 17.9 Å². The lowest BCUT2D eigenvalue weighted by molar-refractivity contribution is -0.144. The highest BCUT2D eigenvalue weighted by Crippen LogP contribution is 2.29. The number of hydrogen-bond acceptors (Lipinski definition) is 4. The minimum Gasteiger partial charge on any atom is -0.467 e. The van der Waals surface area contributed by atoms with Crippen LogP contribution in [0.2, 0.25) is 0 Å². The van der Waals surface area contributed by atoms with Gasteiger partial charge in [-0.2, -0.15) is 5.10 Å². The number of hydrogen-bond donors (Lipinski definition) is 0. The van der Waals surface area contributed by atoms with Crippen LogP contribution in [-0.4, -0.2) is 52.7 Å². The summed E-state index contributed by atoms with van der Waals surface area (Å²) in [5.41, 5.74) is 1.72. The molecule has 2 heterocycles. The fourth-order valence-corrected chi connectivity index (χ4v) is 3.86. The normalized spacial score (nSPS) is 16.8. The third-order valence-electron chi connectivity index (χ3n) is 5.63. The molecule has 1 aliphatic heterocycles. The SMILES string of the molecule is COC(=O)C(Cc1ccccc1)n1cc2cccc(C(=O)N3CCC(F)(F)CC3)c2n1. The molecule has 0 saturated carbocycles. The number of fused-ring (bicyclic) bond motifs is 1. The van der Waals surface area contributed by atoms with Crippen LogP contribution in [0.1, 0.15) is 34.8 Å². The predicted molar refractivity (Wildman–Crippen MR) is 111 cm³/mol. The number of amides is 1. The summed E-state index contributed by atoms with van der Waals surface area (Å²) in [6.07, 6.45) is 1.41. The fourth-order valence-electron chi connectivity index (χ4n) is 3.86. The Morgan fingerprint density at radius 1 is 1.10 bits per heavy atom. The maximum absolute atomic E-state index is 13.5. The Morgan fingerprint density at radius 3 is 2.48 bits per heavy atom. The largest absolute Gasteiger partial charge is 0.467 e. The number of carbonyl (C=O) groups is 2. The van der Waals surface area contributed by atoms with Crippen molar-refractivity contribution < 1.29 is 23.1 Å². The van der Waals surface area contributed by atoms with Crippen molar-refractivity contribution in [2.75, 3.05) is 20.2 Å². The minimum absolute atomic E-state index is 0.00171. The van der Waals surface area contributed by atoms with Crippen LogP contribution in [0.5, 0.6) is 0 Å².